The Hall–Kier alpha value is -0.840. The highest BCUT2D eigenvalue weighted by molar-refractivity contribution is 7.09. The predicted molar refractivity (Wildman–Crippen MR) is 81.5 cm³/mol. The lowest BCUT2D eigenvalue weighted by molar-refractivity contribution is 0.305. The molecule has 108 valence electrons. The molecule has 6 heteroatoms. The number of halogens is 3. The van der Waals surface area contributed by atoms with E-state index < -0.39 is 5.82 Å². The van der Waals surface area contributed by atoms with Gasteiger partial charge in [-0.2, -0.15) is 0 Å². The number of unbranched alkanes of at least 4 members (excludes halogenated alkanes) is 1. The van der Waals surface area contributed by atoms with Crippen molar-refractivity contribution in [3.63, 3.8) is 0 Å². The third-order valence-electron chi connectivity index (χ3n) is 2.68. The fraction of sp³-hybridized carbons (Fsp3) is 0.357. The second-order valence-electron chi connectivity index (χ2n) is 4.25. The largest absolute Gasteiger partial charge is 0.493 e. The van der Waals surface area contributed by atoms with Crippen LogP contribution in [0.25, 0.3) is 0 Å². The van der Waals surface area contributed by atoms with Crippen molar-refractivity contribution >= 4 is 34.5 Å². The second kappa shape index (κ2) is 7.81. The summed E-state index contributed by atoms with van der Waals surface area (Å²) in [5, 5.41) is 3.18. The number of aryl methyl sites for hydroxylation is 1. The van der Waals surface area contributed by atoms with E-state index >= 15 is 0 Å². The number of alkyl halides is 1. The molecule has 0 saturated heterocycles. The van der Waals surface area contributed by atoms with Gasteiger partial charge in [-0.1, -0.05) is 11.6 Å². The molecule has 2 aromatic rings. The zero-order valence-corrected chi connectivity index (χ0v) is 13.1. The normalized spacial score (nSPS) is 10.8. The molecule has 0 aliphatic rings. The van der Waals surface area contributed by atoms with Gasteiger partial charge in [0.05, 0.1) is 28.2 Å². The molecule has 1 aromatic carbocycles. The molecular formula is C14H14Cl2FNOS. The molecule has 20 heavy (non-hydrogen) atoms. The first kappa shape index (κ1) is 15.5. The molecule has 1 aromatic heterocycles. The molecule has 1 heterocycles. The Morgan fingerprint density at radius 2 is 2.15 bits per heavy atom. The van der Waals surface area contributed by atoms with E-state index in [9.17, 15) is 4.39 Å². The molecule has 0 aliphatic heterocycles. The monoisotopic (exact) mass is 333 g/mol. The Kier molecular flexibility index (Phi) is 6.07. The first-order valence-electron chi connectivity index (χ1n) is 6.26. The Morgan fingerprint density at radius 3 is 2.85 bits per heavy atom. The van der Waals surface area contributed by atoms with Crippen molar-refractivity contribution in [2.45, 2.75) is 25.1 Å². The molecule has 0 N–H and O–H groups in total. The summed E-state index contributed by atoms with van der Waals surface area (Å²) in [6.45, 7) is 0.550. The summed E-state index contributed by atoms with van der Waals surface area (Å²) >= 11 is 12.9. The van der Waals surface area contributed by atoms with Crippen LogP contribution in [-0.4, -0.2) is 11.6 Å². The van der Waals surface area contributed by atoms with Crippen molar-refractivity contribution in [3.8, 4) is 5.75 Å². The lowest BCUT2D eigenvalue weighted by atomic mass is 10.2. The molecule has 0 bridgehead atoms. The van der Waals surface area contributed by atoms with Crippen LogP contribution >= 0.6 is 34.5 Å². The lowest BCUT2D eigenvalue weighted by Gasteiger charge is -2.06. The molecule has 0 spiro atoms. The molecule has 0 saturated carbocycles. The van der Waals surface area contributed by atoms with Crippen LogP contribution in [0.1, 0.15) is 23.5 Å². The summed E-state index contributed by atoms with van der Waals surface area (Å²) in [7, 11) is 0. The van der Waals surface area contributed by atoms with Crippen LogP contribution in [-0.2, 0) is 12.3 Å². The Balaban J connectivity index is 1.67. The third-order valence-corrected chi connectivity index (χ3v) is 4.22. The van der Waals surface area contributed by atoms with Gasteiger partial charge in [-0.05, 0) is 31.4 Å². The van der Waals surface area contributed by atoms with E-state index in [1.165, 1.54) is 12.1 Å². The van der Waals surface area contributed by atoms with Crippen LogP contribution in [0.2, 0.25) is 5.02 Å². The van der Waals surface area contributed by atoms with E-state index in [4.69, 9.17) is 27.9 Å². The summed E-state index contributed by atoms with van der Waals surface area (Å²) in [6.07, 6.45) is 2.78. The number of ether oxygens (including phenoxy) is 1. The predicted octanol–water partition coefficient (Wildman–Crippen LogP) is 5.08. The summed E-state index contributed by atoms with van der Waals surface area (Å²) < 4.78 is 18.7. The maximum atomic E-state index is 13.2. The Labute approximate surface area is 131 Å². The number of thiazole rings is 1. The van der Waals surface area contributed by atoms with Gasteiger partial charge in [-0.25, -0.2) is 9.37 Å². The maximum Gasteiger partial charge on any atom is 0.145 e. The highest BCUT2D eigenvalue weighted by Crippen LogP contribution is 2.20. The number of rotatable bonds is 7. The van der Waals surface area contributed by atoms with E-state index in [0.29, 0.717) is 18.2 Å². The van der Waals surface area contributed by atoms with Gasteiger partial charge < -0.3 is 4.74 Å². The minimum absolute atomic E-state index is 0.108. The van der Waals surface area contributed by atoms with Crippen LogP contribution in [0.5, 0.6) is 5.75 Å². The molecule has 0 radical (unpaired) electrons. The Morgan fingerprint density at radius 1 is 1.30 bits per heavy atom. The van der Waals surface area contributed by atoms with Crippen molar-refractivity contribution in [3.05, 3.63) is 45.1 Å². The van der Waals surface area contributed by atoms with Crippen LogP contribution < -0.4 is 4.74 Å². The number of hydrogen-bond donors (Lipinski definition) is 0. The molecule has 2 nitrogen and oxygen atoms in total. The fourth-order valence-electron chi connectivity index (χ4n) is 1.66. The van der Waals surface area contributed by atoms with Crippen molar-refractivity contribution in [2.75, 3.05) is 6.61 Å². The molecular weight excluding hydrogens is 320 g/mol. The average Bonchev–Trinajstić information content (AvgIpc) is 2.90. The van der Waals surface area contributed by atoms with Gasteiger partial charge in [-0.3, -0.25) is 0 Å². The van der Waals surface area contributed by atoms with Gasteiger partial charge in [0.1, 0.15) is 11.6 Å². The summed E-state index contributed by atoms with van der Waals surface area (Å²) in [5.41, 5.74) is 0.930. The topological polar surface area (TPSA) is 22.1 Å². The summed E-state index contributed by atoms with van der Waals surface area (Å²) in [5.74, 6) is 0.507. The first-order valence-corrected chi connectivity index (χ1v) is 8.05. The SMILES string of the molecule is Fc1cc(OCCCCc2nc(CCl)cs2)ccc1Cl. The minimum Gasteiger partial charge on any atom is -0.493 e. The van der Waals surface area contributed by atoms with E-state index in [1.807, 2.05) is 5.38 Å². The van der Waals surface area contributed by atoms with Gasteiger partial charge in [-0.15, -0.1) is 22.9 Å². The van der Waals surface area contributed by atoms with Crippen LogP contribution in [0, 0.1) is 5.82 Å². The number of benzene rings is 1. The van der Waals surface area contributed by atoms with Gasteiger partial charge in [0, 0.05) is 11.4 Å². The Bertz CT molecular complexity index is 562. The van der Waals surface area contributed by atoms with Crippen LogP contribution in [0.3, 0.4) is 0 Å². The lowest BCUT2D eigenvalue weighted by Crippen LogP contribution is -1.98. The van der Waals surface area contributed by atoms with Crippen molar-refractivity contribution in [1.82, 2.24) is 4.98 Å². The quantitative estimate of drug-likeness (QED) is 0.521. The van der Waals surface area contributed by atoms with Crippen LogP contribution in [0.15, 0.2) is 23.6 Å². The van der Waals surface area contributed by atoms with E-state index in [-0.39, 0.29) is 5.02 Å². The highest BCUT2D eigenvalue weighted by atomic mass is 35.5. The number of nitrogens with zero attached hydrogens (tertiary/aromatic N) is 1. The minimum atomic E-state index is -0.458. The van der Waals surface area contributed by atoms with Gasteiger partial charge >= 0.3 is 0 Å². The van der Waals surface area contributed by atoms with Crippen molar-refractivity contribution in [1.29, 1.82) is 0 Å². The van der Waals surface area contributed by atoms with Gasteiger partial charge in [0.2, 0.25) is 0 Å². The van der Waals surface area contributed by atoms with Gasteiger partial charge in [0.25, 0.3) is 0 Å². The first-order chi connectivity index (χ1) is 9.69. The van der Waals surface area contributed by atoms with Crippen molar-refractivity contribution in [2.24, 2.45) is 0 Å². The zero-order chi connectivity index (χ0) is 14.4. The smallest absolute Gasteiger partial charge is 0.145 e. The summed E-state index contributed by atoms with van der Waals surface area (Å²) in [6, 6.07) is 4.46. The van der Waals surface area contributed by atoms with Crippen molar-refractivity contribution < 1.29 is 9.13 Å². The van der Waals surface area contributed by atoms with Gasteiger partial charge in [0.15, 0.2) is 0 Å². The molecule has 0 aliphatic carbocycles. The number of hydrogen-bond acceptors (Lipinski definition) is 3. The maximum absolute atomic E-state index is 13.2. The molecule has 0 amide bonds. The summed E-state index contributed by atoms with van der Waals surface area (Å²) in [4.78, 5) is 4.39. The van der Waals surface area contributed by atoms with E-state index in [2.05, 4.69) is 4.98 Å². The molecule has 0 fully saturated rings. The van der Waals surface area contributed by atoms with E-state index in [0.717, 1.165) is 30.0 Å². The zero-order valence-electron chi connectivity index (χ0n) is 10.7. The average molecular weight is 334 g/mol. The fourth-order valence-corrected chi connectivity index (χ4v) is 2.85. The highest BCUT2D eigenvalue weighted by Gasteiger charge is 2.03. The number of aromatic nitrogens is 1. The standard InChI is InChI=1S/C14H14Cl2FNOS/c15-8-10-9-20-14(18-10)3-1-2-6-19-11-4-5-12(16)13(17)7-11/h4-5,7,9H,1-3,6,8H2. The van der Waals surface area contributed by atoms with Crippen LogP contribution in [0.4, 0.5) is 4.39 Å². The van der Waals surface area contributed by atoms with E-state index in [1.54, 1.807) is 17.4 Å². The second-order valence-corrected chi connectivity index (χ2v) is 5.86. The molecule has 0 unspecified atom stereocenters. The third kappa shape index (κ3) is 4.62. The molecule has 0 atom stereocenters. The molecule has 2 rings (SSSR count).